The Morgan fingerprint density at radius 2 is 1.94 bits per heavy atom. The molecule has 0 bridgehead atoms. The number of hydrogen-bond donors (Lipinski definition) is 2. The van der Waals surface area contributed by atoms with Crippen molar-refractivity contribution in [3.05, 3.63) is 69.4 Å². The molecule has 31 heavy (non-hydrogen) atoms. The normalized spacial score (nSPS) is 10.8. The summed E-state index contributed by atoms with van der Waals surface area (Å²) in [6.07, 6.45) is 1.07. The number of aromatic nitrogens is 2. The summed E-state index contributed by atoms with van der Waals surface area (Å²) in [7, 11) is 0. The number of fused-ring (bicyclic) bond motifs is 1. The van der Waals surface area contributed by atoms with Crippen LogP contribution >= 0.6 is 11.6 Å². The van der Waals surface area contributed by atoms with Crippen molar-refractivity contribution in [1.29, 1.82) is 0 Å². The average Bonchev–Trinajstić information content (AvgIpc) is 2.75. The van der Waals surface area contributed by atoms with E-state index >= 15 is 0 Å². The van der Waals surface area contributed by atoms with E-state index in [0.29, 0.717) is 17.6 Å². The van der Waals surface area contributed by atoms with Gasteiger partial charge in [-0.2, -0.15) is 0 Å². The predicted molar refractivity (Wildman–Crippen MR) is 118 cm³/mol. The Labute approximate surface area is 183 Å². The fourth-order valence-corrected chi connectivity index (χ4v) is 3.23. The fourth-order valence-electron chi connectivity index (χ4n) is 3.07. The van der Waals surface area contributed by atoms with Crippen LogP contribution in [-0.2, 0) is 22.6 Å². The molecular weight excluding hydrogens is 423 g/mol. The molecule has 3 rings (SSSR count). The summed E-state index contributed by atoms with van der Waals surface area (Å²) in [5.74, 6) is -1.42. The van der Waals surface area contributed by atoms with E-state index in [0.717, 1.165) is 12.5 Å². The van der Waals surface area contributed by atoms with Gasteiger partial charge < -0.3 is 10.6 Å². The van der Waals surface area contributed by atoms with Crippen molar-refractivity contribution < 1.29 is 14.0 Å². The molecule has 7 nitrogen and oxygen atoms in total. The first-order chi connectivity index (χ1) is 14.9. The van der Waals surface area contributed by atoms with Crippen LogP contribution in [0.1, 0.15) is 25.5 Å². The first-order valence-corrected chi connectivity index (χ1v) is 10.3. The van der Waals surface area contributed by atoms with Crippen LogP contribution in [0, 0.1) is 5.82 Å². The van der Waals surface area contributed by atoms with Gasteiger partial charge in [-0.3, -0.25) is 19.0 Å². The molecule has 2 amide bonds. The number of para-hydroxylation sites is 2. The molecule has 1 aromatic heterocycles. The number of carbonyl (C=O) groups is 2. The summed E-state index contributed by atoms with van der Waals surface area (Å²) >= 11 is 5.73. The van der Waals surface area contributed by atoms with E-state index in [9.17, 15) is 18.8 Å². The van der Waals surface area contributed by atoms with Crippen molar-refractivity contribution in [3.8, 4) is 0 Å². The highest BCUT2D eigenvalue weighted by molar-refractivity contribution is 6.30. The number of nitrogens with zero attached hydrogens (tertiary/aromatic N) is 2. The summed E-state index contributed by atoms with van der Waals surface area (Å²) in [5.41, 5.74) is 0.688. The van der Waals surface area contributed by atoms with Crippen molar-refractivity contribution >= 4 is 40.1 Å². The van der Waals surface area contributed by atoms with Gasteiger partial charge in [0.2, 0.25) is 11.8 Å². The van der Waals surface area contributed by atoms with Gasteiger partial charge in [0.05, 0.1) is 16.7 Å². The largest absolute Gasteiger partial charge is 0.356 e. The van der Waals surface area contributed by atoms with Gasteiger partial charge in [-0.1, -0.05) is 30.7 Å². The monoisotopic (exact) mass is 444 g/mol. The van der Waals surface area contributed by atoms with E-state index in [1.54, 1.807) is 24.3 Å². The molecule has 0 saturated heterocycles. The molecular formula is C22H22ClFN4O3. The number of carbonyl (C=O) groups excluding carboxylic acids is 2. The molecule has 0 radical (unpaired) electrons. The van der Waals surface area contributed by atoms with Gasteiger partial charge in [-0.25, -0.2) is 9.37 Å². The standard InChI is InChI=1S/C22H22ClFN4O3/c1-2-11-25-20(29)10-9-18-22(31)28(19-6-4-3-5-17(19)26-18)13-21(30)27-16-8-7-14(23)12-15(16)24/h3-8,12H,2,9-11,13H2,1H3,(H,25,29)(H,27,30). The zero-order chi connectivity index (χ0) is 22.4. The molecule has 0 saturated carbocycles. The van der Waals surface area contributed by atoms with Crippen LogP contribution in [0.4, 0.5) is 10.1 Å². The number of nitrogens with one attached hydrogen (secondary N) is 2. The number of hydrogen-bond acceptors (Lipinski definition) is 4. The Balaban J connectivity index is 1.86. The summed E-state index contributed by atoms with van der Waals surface area (Å²) in [5, 5.41) is 5.42. The maximum absolute atomic E-state index is 14.0. The Kier molecular flexibility index (Phi) is 7.36. The van der Waals surface area contributed by atoms with Gasteiger partial charge in [-0.05, 0) is 36.8 Å². The molecule has 0 atom stereocenters. The molecule has 0 spiro atoms. The third-order valence-corrected chi connectivity index (χ3v) is 4.82. The van der Waals surface area contributed by atoms with Crippen molar-refractivity contribution in [2.75, 3.05) is 11.9 Å². The molecule has 2 aromatic carbocycles. The van der Waals surface area contributed by atoms with E-state index in [4.69, 9.17) is 11.6 Å². The lowest BCUT2D eigenvalue weighted by atomic mass is 10.2. The number of amides is 2. The first-order valence-electron chi connectivity index (χ1n) is 9.89. The van der Waals surface area contributed by atoms with Gasteiger partial charge in [0.25, 0.3) is 5.56 Å². The van der Waals surface area contributed by atoms with Crippen molar-refractivity contribution in [1.82, 2.24) is 14.9 Å². The third kappa shape index (κ3) is 5.67. The lowest BCUT2D eigenvalue weighted by Crippen LogP contribution is -2.32. The number of anilines is 1. The smallest absolute Gasteiger partial charge is 0.273 e. The molecule has 0 aliphatic rings. The highest BCUT2D eigenvalue weighted by atomic mass is 35.5. The van der Waals surface area contributed by atoms with E-state index in [1.165, 1.54) is 16.7 Å². The van der Waals surface area contributed by atoms with Gasteiger partial charge in [0.15, 0.2) is 0 Å². The maximum Gasteiger partial charge on any atom is 0.273 e. The minimum Gasteiger partial charge on any atom is -0.356 e. The summed E-state index contributed by atoms with van der Waals surface area (Å²) in [6.45, 7) is 2.18. The Morgan fingerprint density at radius 1 is 1.16 bits per heavy atom. The SMILES string of the molecule is CCCNC(=O)CCc1nc2ccccc2n(CC(=O)Nc2ccc(Cl)cc2F)c1=O. The van der Waals surface area contributed by atoms with E-state index in [2.05, 4.69) is 15.6 Å². The molecule has 3 aromatic rings. The zero-order valence-corrected chi connectivity index (χ0v) is 17.7. The van der Waals surface area contributed by atoms with Crippen molar-refractivity contribution in [3.63, 3.8) is 0 Å². The molecule has 2 N–H and O–H groups in total. The Bertz CT molecular complexity index is 1180. The Morgan fingerprint density at radius 3 is 2.68 bits per heavy atom. The van der Waals surface area contributed by atoms with E-state index < -0.39 is 17.3 Å². The molecule has 1 heterocycles. The van der Waals surface area contributed by atoms with Crippen LogP contribution in [0.15, 0.2) is 47.3 Å². The van der Waals surface area contributed by atoms with Crippen LogP contribution in [0.5, 0.6) is 0 Å². The molecule has 0 fully saturated rings. The first kappa shape index (κ1) is 22.4. The van der Waals surface area contributed by atoms with Gasteiger partial charge >= 0.3 is 0 Å². The van der Waals surface area contributed by atoms with E-state index in [1.807, 2.05) is 6.92 Å². The number of halogens is 2. The number of benzene rings is 2. The van der Waals surface area contributed by atoms with Gasteiger partial charge in [0.1, 0.15) is 18.1 Å². The second kappa shape index (κ2) is 10.2. The summed E-state index contributed by atoms with van der Waals surface area (Å²) in [4.78, 5) is 41.9. The third-order valence-electron chi connectivity index (χ3n) is 4.59. The molecule has 0 aliphatic carbocycles. The highest BCUT2D eigenvalue weighted by Gasteiger charge is 2.16. The van der Waals surface area contributed by atoms with Crippen LogP contribution in [0.3, 0.4) is 0 Å². The van der Waals surface area contributed by atoms with Gasteiger partial charge in [-0.15, -0.1) is 0 Å². The van der Waals surface area contributed by atoms with Crippen LogP contribution in [0.2, 0.25) is 5.02 Å². The molecule has 9 heteroatoms. The van der Waals surface area contributed by atoms with E-state index in [-0.39, 0.29) is 41.7 Å². The topological polar surface area (TPSA) is 93.1 Å². The number of aryl methyl sites for hydroxylation is 1. The molecule has 162 valence electrons. The van der Waals surface area contributed by atoms with Crippen LogP contribution in [0.25, 0.3) is 11.0 Å². The lowest BCUT2D eigenvalue weighted by molar-refractivity contribution is -0.121. The second-order valence-corrected chi connectivity index (χ2v) is 7.40. The Hall–Kier alpha value is -3.26. The quantitative estimate of drug-likeness (QED) is 0.557. The minimum atomic E-state index is -0.674. The van der Waals surface area contributed by atoms with Crippen molar-refractivity contribution in [2.24, 2.45) is 0 Å². The second-order valence-electron chi connectivity index (χ2n) is 6.96. The van der Waals surface area contributed by atoms with Crippen molar-refractivity contribution in [2.45, 2.75) is 32.7 Å². The minimum absolute atomic E-state index is 0.0337. The molecule has 0 aliphatic heterocycles. The number of rotatable bonds is 8. The summed E-state index contributed by atoms with van der Waals surface area (Å²) in [6, 6.07) is 10.8. The fraction of sp³-hybridized carbons (Fsp3) is 0.273. The van der Waals surface area contributed by atoms with Crippen LogP contribution in [-0.4, -0.2) is 27.9 Å². The lowest BCUT2D eigenvalue weighted by Gasteiger charge is -2.13. The predicted octanol–water partition coefficient (Wildman–Crippen LogP) is 3.29. The zero-order valence-electron chi connectivity index (χ0n) is 17.0. The maximum atomic E-state index is 14.0. The van der Waals surface area contributed by atoms with Gasteiger partial charge in [0, 0.05) is 24.4 Å². The summed E-state index contributed by atoms with van der Waals surface area (Å²) < 4.78 is 15.3. The van der Waals surface area contributed by atoms with Crippen LogP contribution < -0.4 is 16.2 Å². The highest BCUT2D eigenvalue weighted by Crippen LogP contribution is 2.19. The average molecular weight is 445 g/mol. The molecule has 0 unspecified atom stereocenters.